The second kappa shape index (κ2) is 10.7. The maximum Gasteiger partial charge on any atom is 0.423 e. The summed E-state index contributed by atoms with van der Waals surface area (Å²) in [4.78, 5) is 9.06. The van der Waals surface area contributed by atoms with Gasteiger partial charge in [-0.15, -0.1) is 0 Å². The van der Waals surface area contributed by atoms with Crippen molar-refractivity contribution in [2.45, 2.75) is 58.3 Å². The molecule has 0 fully saturated rings. The van der Waals surface area contributed by atoms with Crippen LogP contribution in [0.25, 0.3) is 0 Å². The third-order valence-electron chi connectivity index (χ3n) is 4.56. The molecule has 0 amide bonds. The molecule has 0 N–H and O–H groups in total. The molecule has 172 valence electrons. The second-order valence-corrected chi connectivity index (χ2v) is 6.97. The highest BCUT2D eigenvalue weighted by Gasteiger charge is 2.38. The van der Waals surface area contributed by atoms with Crippen LogP contribution in [-0.4, -0.2) is 29.3 Å². The zero-order valence-corrected chi connectivity index (χ0v) is 17.4. The van der Waals surface area contributed by atoms with Crippen molar-refractivity contribution < 1.29 is 31.1 Å². The molecule has 0 unspecified atom stereocenters. The van der Waals surface area contributed by atoms with E-state index in [4.69, 9.17) is 0 Å². The number of aryl methyl sites for hydroxylation is 1. The minimum Gasteiger partial charge on any atom is -0.467 e. The average Bonchev–Trinajstić information content (AvgIpc) is 2.70. The lowest BCUT2D eigenvalue weighted by atomic mass is 10.0. The Labute approximate surface area is 177 Å². The van der Waals surface area contributed by atoms with Crippen molar-refractivity contribution in [2.75, 3.05) is 18.1 Å². The van der Waals surface area contributed by atoms with Crippen molar-refractivity contribution in [1.82, 2.24) is 9.97 Å². The molecule has 0 spiro atoms. The van der Waals surface area contributed by atoms with Gasteiger partial charge in [-0.25, -0.2) is 4.98 Å². The van der Waals surface area contributed by atoms with Crippen LogP contribution in [0.15, 0.2) is 30.5 Å². The molecule has 10 heteroatoms. The molecular weight excluding hydrogens is 424 g/mol. The van der Waals surface area contributed by atoms with E-state index in [1.807, 2.05) is 12.1 Å². The summed E-state index contributed by atoms with van der Waals surface area (Å²) in [5.41, 5.74) is 0.203. The number of alkyl halides is 6. The van der Waals surface area contributed by atoms with Crippen molar-refractivity contribution in [3.63, 3.8) is 0 Å². The van der Waals surface area contributed by atoms with Crippen LogP contribution in [0, 0.1) is 0 Å². The minimum absolute atomic E-state index is 0.159. The van der Waals surface area contributed by atoms with E-state index in [9.17, 15) is 26.3 Å². The lowest BCUT2D eigenvalue weighted by Gasteiger charge is -2.25. The van der Waals surface area contributed by atoms with E-state index in [1.54, 1.807) is 24.0 Å². The summed E-state index contributed by atoms with van der Waals surface area (Å²) < 4.78 is 81.6. The molecular formula is C21H25F6N3O. The van der Waals surface area contributed by atoms with Crippen LogP contribution in [0.3, 0.4) is 0 Å². The molecule has 4 nitrogen and oxygen atoms in total. The number of hydrogen-bond acceptors (Lipinski definition) is 4. The van der Waals surface area contributed by atoms with Gasteiger partial charge in [-0.2, -0.15) is 31.3 Å². The van der Waals surface area contributed by atoms with E-state index in [-0.39, 0.29) is 5.95 Å². The van der Waals surface area contributed by atoms with Gasteiger partial charge in [0.15, 0.2) is 6.61 Å². The summed E-state index contributed by atoms with van der Waals surface area (Å²) in [7, 11) is 0. The molecule has 1 heterocycles. The fraction of sp³-hybridized carbons (Fsp3) is 0.524. The molecule has 0 saturated carbocycles. The third kappa shape index (κ3) is 7.29. The number of unbranched alkanes of at least 4 members (excludes halogenated alkanes) is 3. The number of anilines is 2. The fourth-order valence-electron chi connectivity index (χ4n) is 3.09. The first-order chi connectivity index (χ1) is 14.6. The molecule has 0 bridgehead atoms. The SMILES string of the molecule is CCCCCCc1ccccc1N(CC)c1ncc(C(F)(F)F)c(OCC(F)(F)F)n1. The number of rotatable bonds is 10. The minimum atomic E-state index is -4.95. The maximum absolute atomic E-state index is 13.2. The molecule has 0 atom stereocenters. The van der Waals surface area contributed by atoms with Crippen molar-refractivity contribution in [1.29, 1.82) is 0 Å². The van der Waals surface area contributed by atoms with E-state index in [0.29, 0.717) is 18.4 Å². The number of halogens is 6. The molecule has 0 radical (unpaired) electrons. The number of hydrogen-bond donors (Lipinski definition) is 0. The Morgan fingerprint density at radius 3 is 2.29 bits per heavy atom. The molecule has 0 aliphatic carbocycles. The summed E-state index contributed by atoms with van der Waals surface area (Å²) >= 11 is 0. The Morgan fingerprint density at radius 2 is 1.68 bits per heavy atom. The van der Waals surface area contributed by atoms with Crippen molar-refractivity contribution in [2.24, 2.45) is 0 Å². The van der Waals surface area contributed by atoms with Crippen LogP contribution in [0.1, 0.15) is 50.7 Å². The summed E-state index contributed by atoms with van der Waals surface area (Å²) in [6.07, 6.45) is -4.37. The molecule has 2 aromatic rings. The third-order valence-corrected chi connectivity index (χ3v) is 4.56. The van der Waals surface area contributed by atoms with Gasteiger partial charge >= 0.3 is 12.4 Å². The second-order valence-electron chi connectivity index (χ2n) is 6.97. The Morgan fingerprint density at radius 1 is 0.968 bits per heavy atom. The summed E-state index contributed by atoms with van der Waals surface area (Å²) in [5.74, 6) is -1.30. The Hall–Kier alpha value is -2.52. The standard InChI is InChI=1S/C21H25F6N3O/c1-3-5-6-7-10-15-11-8-9-12-17(15)30(4-2)19-28-13-16(21(25,26)27)18(29-19)31-14-20(22,23)24/h8-9,11-13H,3-7,10,14H2,1-2H3. The highest BCUT2D eigenvalue weighted by Crippen LogP contribution is 2.37. The van der Waals surface area contributed by atoms with E-state index in [0.717, 1.165) is 37.7 Å². The average molecular weight is 449 g/mol. The Kier molecular flexibility index (Phi) is 8.52. The number of ether oxygens (including phenoxy) is 1. The van der Waals surface area contributed by atoms with Crippen LogP contribution in [0.5, 0.6) is 5.88 Å². The first kappa shape index (κ1) is 24.7. The van der Waals surface area contributed by atoms with Gasteiger partial charge in [-0.3, -0.25) is 0 Å². The number of para-hydroxylation sites is 1. The van der Waals surface area contributed by atoms with Gasteiger partial charge in [0.25, 0.3) is 0 Å². The number of benzene rings is 1. The van der Waals surface area contributed by atoms with Gasteiger partial charge in [0.05, 0.1) is 0 Å². The Balaban J connectivity index is 2.39. The van der Waals surface area contributed by atoms with E-state index in [1.165, 1.54) is 0 Å². The zero-order chi connectivity index (χ0) is 23.1. The van der Waals surface area contributed by atoms with Crippen LogP contribution in [0.2, 0.25) is 0 Å². The summed E-state index contributed by atoms with van der Waals surface area (Å²) in [6, 6.07) is 7.33. The Bertz CT molecular complexity index is 839. The van der Waals surface area contributed by atoms with Gasteiger partial charge < -0.3 is 9.64 Å². The topological polar surface area (TPSA) is 38.2 Å². The van der Waals surface area contributed by atoms with Crippen LogP contribution >= 0.6 is 0 Å². The van der Waals surface area contributed by atoms with E-state index in [2.05, 4.69) is 21.6 Å². The predicted octanol–water partition coefficient (Wildman–Crippen LogP) is 6.72. The largest absolute Gasteiger partial charge is 0.467 e. The normalized spacial score (nSPS) is 12.1. The highest BCUT2D eigenvalue weighted by molar-refractivity contribution is 5.62. The predicted molar refractivity (Wildman–Crippen MR) is 106 cm³/mol. The smallest absolute Gasteiger partial charge is 0.423 e. The monoisotopic (exact) mass is 449 g/mol. The van der Waals surface area contributed by atoms with Gasteiger partial charge in [0.1, 0.15) is 5.56 Å². The first-order valence-electron chi connectivity index (χ1n) is 10.1. The number of aromatic nitrogens is 2. The molecule has 0 saturated heterocycles. The fourth-order valence-corrected chi connectivity index (χ4v) is 3.09. The van der Waals surface area contributed by atoms with Crippen molar-refractivity contribution >= 4 is 11.6 Å². The van der Waals surface area contributed by atoms with Gasteiger partial charge in [0.2, 0.25) is 11.8 Å². The molecule has 0 aliphatic heterocycles. The summed E-state index contributed by atoms with van der Waals surface area (Å²) in [6.45, 7) is 2.28. The number of nitrogens with zero attached hydrogens (tertiary/aromatic N) is 3. The lowest BCUT2D eigenvalue weighted by molar-refractivity contribution is -0.159. The molecule has 2 rings (SSSR count). The van der Waals surface area contributed by atoms with Crippen molar-refractivity contribution in [3.8, 4) is 5.88 Å². The van der Waals surface area contributed by atoms with Crippen molar-refractivity contribution in [3.05, 3.63) is 41.6 Å². The van der Waals surface area contributed by atoms with Gasteiger partial charge in [-0.05, 0) is 31.4 Å². The molecule has 1 aromatic carbocycles. The van der Waals surface area contributed by atoms with Gasteiger partial charge in [-0.1, -0.05) is 44.4 Å². The zero-order valence-electron chi connectivity index (χ0n) is 17.4. The highest BCUT2D eigenvalue weighted by atomic mass is 19.4. The van der Waals surface area contributed by atoms with E-state index >= 15 is 0 Å². The molecule has 1 aromatic heterocycles. The quantitative estimate of drug-likeness (QED) is 0.298. The first-order valence-corrected chi connectivity index (χ1v) is 10.1. The lowest BCUT2D eigenvalue weighted by Crippen LogP contribution is -2.24. The molecule has 0 aliphatic rings. The van der Waals surface area contributed by atoms with Crippen LogP contribution in [-0.2, 0) is 12.6 Å². The summed E-state index contributed by atoms with van der Waals surface area (Å²) in [5, 5.41) is 0. The van der Waals surface area contributed by atoms with E-state index < -0.39 is 30.4 Å². The van der Waals surface area contributed by atoms with Crippen LogP contribution in [0.4, 0.5) is 38.0 Å². The maximum atomic E-state index is 13.2. The van der Waals surface area contributed by atoms with Crippen LogP contribution < -0.4 is 9.64 Å². The van der Waals surface area contributed by atoms with Gasteiger partial charge in [0, 0.05) is 18.4 Å². The molecule has 31 heavy (non-hydrogen) atoms.